The fraction of sp³-hybridized carbons (Fsp3) is 0.333. The Balaban J connectivity index is 1.43. The summed E-state index contributed by atoms with van der Waals surface area (Å²) in [5.74, 6) is 2.19. The van der Waals surface area contributed by atoms with E-state index < -0.39 is 0 Å². The monoisotopic (exact) mass is 369 g/mol. The number of ketones is 1. The number of methoxy groups -OCH3 is 1. The first-order valence-corrected chi connectivity index (χ1v) is 8.85. The van der Waals surface area contributed by atoms with Gasteiger partial charge in [-0.1, -0.05) is 6.07 Å². The van der Waals surface area contributed by atoms with Crippen LogP contribution in [0.25, 0.3) is 0 Å². The fourth-order valence-corrected chi connectivity index (χ4v) is 2.92. The lowest BCUT2D eigenvalue weighted by atomic mass is 9.96. The molecule has 2 aromatic carbocycles. The second-order valence-electron chi connectivity index (χ2n) is 6.53. The molecule has 0 spiro atoms. The first kappa shape index (κ1) is 18.8. The number of benzene rings is 2. The molecule has 0 saturated heterocycles. The summed E-state index contributed by atoms with van der Waals surface area (Å²) in [6.07, 6.45) is 0.840. The summed E-state index contributed by atoms with van der Waals surface area (Å²) in [6, 6.07) is 12.5. The number of carbonyl (C=O) groups excluding carboxylic acids is 2. The fourth-order valence-electron chi connectivity index (χ4n) is 2.92. The number of Topliss-reactive ketones (excluding diaryl/α,β-unsaturated/α-hetero) is 1. The van der Waals surface area contributed by atoms with Gasteiger partial charge in [-0.2, -0.15) is 0 Å². The number of ether oxygens (including phenoxy) is 3. The quantitative estimate of drug-likeness (QED) is 0.760. The van der Waals surface area contributed by atoms with E-state index in [4.69, 9.17) is 14.2 Å². The average Bonchev–Trinajstić information content (AvgIpc) is 2.70. The van der Waals surface area contributed by atoms with Crippen LogP contribution in [0.5, 0.6) is 17.2 Å². The minimum Gasteiger partial charge on any atom is -0.497 e. The molecule has 0 fully saturated rings. The molecule has 1 aliphatic rings. The molecule has 0 unspecified atom stereocenters. The number of hydrogen-bond acceptors (Lipinski definition) is 5. The van der Waals surface area contributed by atoms with E-state index in [0.29, 0.717) is 24.5 Å². The maximum atomic E-state index is 12.0. The lowest BCUT2D eigenvalue weighted by Gasteiger charge is -2.25. The highest BCUT2D eigenvalue weighted by molar-refractivity contribution is 5.94. The van der Waals surface area contributed by atoms with E-state index in [1.54, 1.807) is 31.4 Å². The number of fused-ring (bicyclic) bond motifs is 1. The standard InChI is InChI=1S/C21H23NO5/c1-14(23)16-3-6-18(7-4-16)26-13-21(24)22-11-15-9-17-5-8-19(25-2)10-20(17)27-12-15/h3-8,10,15H,9,11-13H2,1-2H3,(H,22,24)/t15-/m1/s1. The number of amides is 1. The Morgan fingerprint density at radius 2 is 1.89 bits per heavy atom. The molecule has 1 heterocycles. The van der Waals surface area contributed by atoms with E-state index in [-0.39, 0.29) is 24.2 Å². The van der Waals surface area contributed by atoms with Crippen molar-refractivity contribution in [1.29, 1.82) is 0 Å². The summed E-state index contributed by atoms with van der Waals surface area (Å²) in [5, 5.41) is 2.88. The van der Waals surface area contributed by atoms with Crippen molar-refractivity contribution in [1.82, 2.24) is 5.32 Å². The van der Waals surface area contributed by atoms with Crippen LogP contribution in [0.3, 0.4) is 0 Å². The van der Waals surface area contributed by atoms with Crippen molar-refractivity contribution >= 4 is 11.7 Å². The maximum Gasteiger partial charge on any atom is 0.257 e. The third-order valence-electron chi connectivity index (χ3n) is 4.48. The van der Waals surface area contributed by atoms with Crippen LogP contribution in [0.2, 0.25) is 0 Å². The van der Waals surface area contributed by atoms with Gasteiger partial charge >= 0.3 is 0 Å². The zero-order valence-corrected chi connectivity index (χ0v) is 15.5. The molecule has 27 heavy (non-hydrogen) atoms. The highest BCUT2D eigenvalue weighted by atomic mass is 16.5. The Morgan fingerprint density at radius 3 is 2.59 bits per heavy atom. The Kier molecular flexibility index (Phi) is 5.96. The van der Waals surface area contributed by atoms with E-state index in [9.17, 15) is 9.59 Å². The Morgan fingerprint density at radius 1 is 1.15 bits per heavy atom. The van der Waals surface area contributed by atoms with Crippen molar-refractivity contribution in [2.24, 2.45) is 5.92 Å². The van der Waals surface area contributed by atoms with Crippen molar-refractivity contribution in [2.75, 3.05) is 26.9 Å². The largest absolute Gasteiger partial charge is 0.497 e. The van der Waals surface area contributed by atoms with Crippen LogP contribution in [-0.2, 0) is 11.2 Å². The molecule has 1 amide bonds. The molecule has 1 aliphatic heterocycles. The first-order chi connectivity index (χ1) is 13.0. The summed E-state index contributed by atoms with van der Waals surface area (Å²) in [5.41, 5.74) is 1.73. The van der Waals surface area contributed by atoms with Crippen LogP contribution in [0.1, 0.15) is 22.8 Å². The maximum absolute atomic E-state index is 12.0. The molecule has 0 aromatic heterocycles. The van der Waals surface area contributed by atoms with Crippen LogP contribution in [-0.4, -0.2) is 38.6 Å². The van der Waals surface area contributed by atoms with Crippen LogP contribution in [0.15, 0.2) is 42.5 Å². The van der Waals surface area contributed by atoms with Gasteiger partial charge in [-0.05, 0) is 49.2 Å². The van der Waals surface area contributed by atoms with E-state index in [1.165, 1.54) is 6.92 Å². The van der Waals surface area contributed by atoms with Gasteiger partial charge in [0.25, 0.3) is 5.91 Å². The molecule has 3 rings (SSSR count). The highest BCUT2D eigenvalue weighted by Crippen LogP contribution is 2.30. The van der Waals surface area contributed by atoms with Gasteiger partial charge < -0.3 is 19.5 Å². The van der Waals surface area contributed by atoms with Gasteiger partial charge in [0, 0.05) is 24.1 Å². The van der Waals surface area contributed by atoms with Gasteiger partial charge in [-0.25, -0.2) is 0 Å². The van der Waals surface area contributed by atoms with E-state index in [0.717, 1.165) is 23.5 Å². The van der Waals surface area contributed by atoms with Gasteiger partial charge in [0.2, 0.25) is 0 Å². The Hall–Kier alpha value is -3.02. The predicted octanol–water partition coefficient (Wildman–Crippen LogP) is 2.64. The van der Waals surface area contributed by atoms with Crippen molar-refractivity contribution in [3.8, 4) is 17.2 Å². The molecule has 6 nitrogen and oxygen atoms in total. The zero-order chi connectivity index (χ0) is 19.2. The summed E-state index contributed by atoms with van der Waals surface area (Å²) < 4.78 is 16.4. The normalized spacial score (nSPS) is 15.3. The second-order valence-corrected chi connectivity index (χ2v) is 6.53. The number of carbonyl (C=O) groups is 2. The van der Waals surface area contributed by atoms with Crippen LogP contribution in [0, 0.1) is 5.92 Å². The zero-order valence-electron chi connectivity index (χ0n) is 15.5. The van der Waals surface area contributed by atoms with Gasteiger partial charge in [0.1, 0.15) is 17.2 Å². The van der Waals surface area contributed by atoms with Gasteiger partial charge in [-0.15, -0.1) is 0 Å². The van der Waals surface area contributed by atoms with Crippen molar-refractivity contribution < 1.29 is 23.8 Å². The van der Waals surface area contributed by atoms with Crippen LogP contribution >= 0.6 is 0 Å². The number of rotatable bonds is 7. The Bertz CT molecular complexity index is 816. The molecule has 2 aromatic rings. The molecule has 142 valence electrons. The number of nitrogens with one attached hydrogen (secondary N) is 1. The van der Waals surface area contributed by atoms with Gasteiger partial charge in [0.15, 0.2) is 12.4 Å². The average molecular weight is 369 g/mol. The molecule has 0 bridgehead atoms. The molecular weight excluding hydrogens is 346 g/mol. The summed E-state index contributed by atoms with van der Waals surface area (Å²) in [7, 11) is 1.63. The topological polar surface area (TPSA) is 73.9 Å². The lowest BCUT2D eigenvalue weighted by molar-refractivity contribution is -0.123. The van der Waals surface area contributed by atoms with Crippen LogP contribution in [0.4, 0.5) is 0 Å². The van der Waals surface area contributed by atoms with Crippen molar-refractivity contribution in [3.63, 3.8) is 0 Å². The summed E-state index contributed by atoms with van der Waals surface area (Å²) in [6.45, 7) is 2.51. The van der Waals surface area contributed by atoms with E-state index >= 15 is 0 Å². The third kappa shape index (κ3) is 5.00. The summed E-state index contributed by atoms with van der Waals surface area (Å²) >= 11 is 0. The minimum atomic E-state index is -0.189. The molecule has 1 atom stereocenters. The third-order valence-corrected chi connectivity index (χ3v) is 4.48. The highest BCUT2D eigenvalue weighted by Gasteiger charge is 2.21. The van der Waals surface area contributed by atoms with Crippen molar-refractivity contribution in [2.45, 2.75) is 13.3 Å². The molecule has 0 aliphatic carbocycles. The SMILES string of the molecule is COc1ccc2c(c1)OC[C@@H](CNC(=O)COc1ccc(C(C)=O)cc1)C2. The molecule has 6 heteroatoms. The minimum absolute atomic E-state index is 0.00554. The molecule has 1 N–H and O–H groups in total. The van der Waals surface area contributed by atoms with Gasteiger partial charge in [0.05, 0.1) is 13.7 Å². The molecule has 0 radical (unpaired) electrons. The predicted molar refractivity (Wildman–Crippen MR) is 101 cm³/mol. The van der Waals surface area contributed by atoms with Crippen LogP contribution < -0.4 is 19.5 Å². The van der Waals surface area contributed by atoms with Gasteiger partial charge in [-0.3, -0.25) is 9.59 Å². The molecule has 0 saturated carbocycles. The number of hydrogen-bond donors (Lipinski definition) is 1. The smallest absolute Gasteiger partial charge is 0.257 e. The van der Waals surface area contributed by atoms with E-state index in [1.807, 2.05) is 18.2 Å². The van der Waals surface area contributed by atoms with E-state index in [2.05, 4.69) is 5.32 Å². The Labute approximate surface area is 158 Å². The van der Waals surface area contributed by atoms with Crippen molar-refractivity contribution in [3.05, 3.63) is 53.6 Å². The lowest BCUT2D eigenvalue weighted by Crippen LogP contribution is -2.37. The molecular formula is C21H23NO5. The second kappa shape index (κ2) is 8.58. The first-order valence-electron chi connectivity index (χ1n) is 8.85. The summed E-state index contributed by atoms with van der Waals surface area (Å²) in [4.78, 5) is 23.3.